The summed E-state index contributed by atoms with van der Waals surface area (Å²) in [6, 6.07) is 19.7. The minimum absolute atomic E-state index is 0.0115. The van der Waals surface area contributed by atoms with E-state index in [1.807, 2.05) is 18.2 Å². The summed E-state index contributed by atoms with van der Waals surface area (Å²) in [5.74, 6) is -0.175. The summed E-state index contributed by atoms with van der Waals surface area (Å²) in [5.41, 5.74) is 5.33. The molecule has 0 unspecified atom stereocenters. The highest BCUT2D eigenvalue weighted by molar-refractivity contribution is 5.70. The van der Waals surface area contributed by atoms with Gasteiger partial charge in [0.1, 0.15) is 11.6 Å². The molecule has 0 spiro atoms. The number of hydrogen-bond donors (Lipinski definition) is 2. The van der Waals surface area contributed by atoms with Gasteiger partial charge in [0.15, 0.2) is 0 Å². The summed E-state index contributed by atoms with van der Waals surface area (Å²) in [7, 11) is 0. The largest absolute Gasteiger partial charge is 0.394 e. The summed E-state index contributed by atoms with van der Waals surface area (Å²) in [6.45, 7) is 1.75. The topological polar surface area (TPSA) is 35.5 Å². The van der Waals surface area contributed by atoms with Crippen LogP contribution in [0.4, 0.5) is 14.5 Å². The molecule has 30 heavy (non-hydrogen) atoms. The fourth-order valence-electron chi connectivity index (χ4n) is 4.98. The minimum atomic E-state index is -0.245. The van der Waals surface area contributed by atoms with E-state index in [-0.39, 0.29) is 30.3 Å². The quantitative estimate of drug-likeness (QED) is 0.641. The lowest BCUT2D eigenvalue weighted by molar-refractivity contribution is 0.172. The Morgan fingerprint density at radius 1 is 0.900 bits per heavy atom. The molecule has 2 N–H and O–H groups in total. The molecule has 0 amide bonds. The summed E-state index contributed by atoms with van der Waals surface area (Å²) >= 11 is 0. The van der Waals surface area contributed by atoms with E-state index >= 15 is 0 Å². The summed E-state index contributed by atoms with van der Waals surface area (Å²) in [4.78, 5) is 2.43. The Balaban J connectivity index is 1.52. The minimum Gasteiger partial charge on any atom is -0.394 e. The molecule has 2 aliphatic heterocycles. The van der Waals surface area contributed by atoms with E-state index in [0.29, 0.717) is 5.92 Å². The number of aliphatic hydroxyl groups is 1. The van der Waals surface area contributed by atoms with Crippen LogP contribution in [0.1, 0.15) is 23.6 Å². The smallest absolute Gasteiger partial charge is 0.123 e. The lowest BCUT2D eigenvalue weighted by Gasteiger charge is -2.39. The predicted molar refractivity (Wildman–Crippen MR) is 114 cm³/mol. The van der Waals surface area contributed by atoms with Crippen LogP contribution in [0.25, 0.3) is 11.1 Å². The fourth-order valence-corrected chi connectivity index (χ4v) is 4.98. The zero-order valence-electron chi connectivity index (χ0n) is 16.6. The Hall–Kier alpha value is -2.76. The number of aliphatic hydroxyl groups excluding tert-OH is 1. The van der Waals surface area contributed by atoms with Crippen molar-refractivity contribution in [1.82, 2.24) is 4.90 Å². The van der Waals surface area contributed by atoms with Gasteiger partial charge in [0.25, 0.3) is 0 Å². The van der Waals surface area contributed by atoms with E-state index in [9.17, 15) is 13.9 Å². The van der Waals surface area contributed by atoms with Gasteiger partial charge in [-0.05, 0) is 71.6 Å². The van der Waals surface area contributed by atoms with E-state index < -0.39 is 0 Å². The number of likely N-dealkylation sites (tertiary alicyclic amines) is 1. The zero-order chi connectivity index (χ0) is 20.7. The third-order valence-electron chi connectivity index (χ3n) is 6.45. The van der Waals surface area contributed by atoms with Crippen LogP contribution in [-0.2, 0) is 6.54 Å². The molecule has 154 valence electrons. The molecule has 3 aromatic rings. The normalized spacial score (nSPS) is 23.0. The van der Waals surface area contributed by atoms with Gasteiger partial charge in [-0.3, -0.25) is 4.90 Å². The number of anilines is 1. The number of nitrogens with one attached hydrogen (secondary N) is 1. The standard InChI is InChI=1S/C25H24F2N2O/c26-19-6-1-16(2-7-19)14-29-12-11-21-24(15-30)28-23-10-5-18(13-22(23)25(21)29)17-3-8-20(27)9-4-17/h1-10,13,21,24-25,28,30H,11-12,14-15H2/t21-,24+,25-/m1/s1. The zero-order valence-corrected chi connectivity index (χ0v) is 16.6. The molecule has 5 heteroatoms. The molecule has 2 aliphatic rings. The number of rotatable bonds is 4. The SMILES string of the molecule is OC[C@@H]1Nc2ccc(-c3ccc(F)cc3)cc2[C@H]2[C@@H]1CCN2Cc1ccc(F)cc1. The highest BCUT2D eigenvalue weighted by atomic mass is 19.1. The number of benzene rings is 3. The van der Waals surface area contributed by atoms with Gasteiger partial charge >= 0.3 is 0 Å². The maximum atomic E-state index is 13.4. The molecular weight excluding hydrogens is 382 g/mol. The van der Waals surface area contributed by atoms with Crippen LogP contribution in [0, 0.1) is 17.6 Å². The Labute approximate surface area is 175 Å². The average Bonchev–Trinajstić information content (AvgIpc) is 3.19. The Morgan fingerprint density at radius 3 is 2.27 bits per heavy atom. The Bertz CT molecular complexity index is 1040. The molecule has 3 nitrogen and oxygen atoms in total. The molecule has 0 saturated carbocycles. The van der Waals surface area contributed by atoms with Gasteiger partial charge in [0.05, 0.1) is 12.6 Å². The molecule has 2 heterocycles. The molecular formula is C25H24F2N2O. The first-order valence-corrected chi connectivity index (χ1v) is 10.4. The van der Waals surface area contributed by atoms with Gasteiger partial charge in [-0.1, -0.05) is 30.3 Å². The van der Waals surface area contributed by atoms with Gasteiger partial charge in [-0.25, -0.2) is 8.78 Å². The Kier molecular flexibility index (Phi) is 5.01. The van der Waals surface area contributed by atoms with Crippen molar-refractivity contribution in [2.24, 2.45) is 5.92 Å². The fraction of sp³-hybridized carbons (Fsp3) is 0.280. The van der Waals surface area contributed by atoms with E-state index in [1.54, 1.807) is 12.1 Å². The molecule has 0 bridgehead atoms. The lowest BCUT2D eigenvalue weighted by Crippen LogP contribution is -2.41. The van der Waals surface area contributed by atoms with Crippen molar-refractivity contribution in [3.63, 3.8) is 0 Å². The average molecular weight is 406 g/mol. The summed E-state index contributed by atoms with van der Waals surface area (Å²) < 4.78 is 26.7. The second-order valence-electron chi connectivity index (χ2n) is 8.24. The van der Waals surface area contributed by atoms with Crippen LogP contribution in [0.2, 0.25) is 0 Å². The van der Waals surface area contributed by atoms with Crippen LogP contribution in [0.5, 0.6) is 0 Å². The molecule has 0 aliphatic carbocycles. The van der Waals surface area contributed by atoms with Crippen molar-refractivity contribution in [3.05, 3.63) is 89.5 Å². The Morgan fingerprint density at radius 2 is 1.57 bits per heavy atom. The third-order valence-corrected chi connectivity index (χ3v) is 6.45. The van der Waals surface area contributed by atoms with Crippen LogP contribution in [-0.4, -0.2) is 29.2 Å². The molecule has 0 radical (unpaired) electrons. The first-order valence-electron chi connectivity index (χ1n) is 10.4. The number of nitrogens with zero attached hydrogens (tertiary/aromatic N) is 1. The van der Waals surface area contributed by atoms with Crippen molar-refractivity contribution < 1.29 is 13.9 Å². The van der Waals surface area contributed by atoms with Gasteiger partial charge in [0, 0.05) is 24.2 Å². The number of fused-ring (bicyclic) bond motifs is 3. The molecule has 1 fully saturated rings. The van der Waals surface area contributed by atoms with E-state index in [1.165, 1.54) is 29.8 Å². The molecule has 3 atom stereocenters. The van der Waals surface area contributed by atoms with Crippen molar-refractivity contribution in [2.45, 2.75) is 25.0 Å². The van der Waals surface area contributed by atoms with Crippen LogP contribution >= 0.6 is 0 Å². The first-order chi connectivity index (χ1) is 14.6. The van der Waals surface area contributed by atoms with E-state index in [2.05, 4.69) is 22.3 Å². The predicted octanol–water partition coefficient (Wildman–Crippen LogP) is 4.98. The highest BCUT2D eigenvalue weighted by Crippen LogP contribution is 2.47. The van der Waals surface area contributed by atoms with E-state index in [0.717, 1.165) is 41.9 Å². The number of halogens is 2. The van der Waals surface area contributed by atoms with Gasteiger partial charge in [0.2, 0.25) is 0 Å². The second-order valence-corrected chi connectivity index (χ2v) is 8.24. The molecule has 5 rings (SSSR count). The summed E-state index contributed by atoms with van der Waals surface area (Å²) in [6.07, 6.45) is 0.990. The van der Waals surface area contributed by atoms with Gasteiger partial charge in [-0.2, -0.15) is 0 Å². The van der Waals surface area contributed by atoms with Crippen molar-refractivity contribution in [3.8, 4) is 11.1 Å². The van der Waals surface area contributed by atoms with Crippen LogP contribution in [0.3, 0.4) is 0 Å². The van der Waals surface area contributed by atoms with Crippen molar-refractivity contribution in [2.75, 3.05) is 18.5 Å². The molecule has 1 saturated heterocycles. The highest BCUT2D eigenvalue weighted by Gasteiger charge is 2.43. The van der Waals surface area contributed by atoms with Crippen LogP contribution in [0.15, 0.2) is 66.7 Å². The third kappa shape index (κ3) is 3.48. The van der Waals surface area contributed by atoms with Crippen molar-refractivity contribution in [1.29, 1.82) is 0 Å². The second kappa shape index (κ2) is 7.82. The summed E-state index contributed by atoms with van der Waals surface area (Å²) in [5, 5.41) is 13.5. The van der Waals surface area contributed by atoms with Crippen molar-refractivity contribution >= 4 is 5.69 Å². The van der Waals surface area contributed by atoms with E-state index in [4.69, 9.17) is 0 Å². The van der Waals surface area contributed by atoms with Gasteiger partial charge < -0.3 is 10.4 Å². The molecule has 3 aromatic carbocycles. The van der Waals surface area contributed by atoms with Crippen LogP contribution < -0.4 is 5.32 Å². The lowest BCUT2D eigenvalue weighted by atomic mass is 9.82. The number of hydrogen-bond acceptors (Lipinski definition) is 3. The first kappa shape index (κ1) is 19.2. The maximum Gasteiger partial charge on any atom is 0.123 e. The monoisotopic (exact) mass is 406 g/mol. The van der Waals surface area contributed by atoms with Gasteiger partial charge in [-0.15, -0.1) is 0 Å². The molecule has 0 aromatic heterocycles. The maximum absolute atomic E-state index is 13.4.